The van der Waals surface area contributed by atoms with Crippen molar-refractivity contribution in [3.05, 3.63) is 12.4 Å². The topological polar surface area (TPSA) is 0 Å². The Morgan fingerprint density at radius 1 is 1.67 bits per heavy atom. The molecule has 36 valence electrons. The highest BCUT2D eigenvalue weighted by Gasteiger charge is 1.68. The Labute approximate surface area is 41.6 Å². The summed E-state index contributed by atoms with van der Waals surface area (Å²) < 4.78 is 10.9. The number of hydrogen-bond donors (Lipinski definition) is 0. The first kappa shape index (κ1) is 5.96. The Morgan fingerprint density at radius 2 is 2.33 bits per heavy atom. The zero-order valence-corrected chi connectivity index (χ0v) is 4.08. The molecule has 0 atom stereocenters. The van der Waals surface area contributed by atoms with Gasteiger partial charge in [-0.25, -0.2) is 4.39 Å². The second-order valence-electron chi connectivity index (χ2n) is 0.839. The maximum Gasteiger partial charge on any atom is 0.0827 e. The largest absolute Gasteiger partial charge is 0.216 e. The Balaban J connectivity index is 2.66. The molecule has 0 saturated heterocycles. The molecule has 0 bridgehead atoms. The first-order chi connectivity index (χ1) is 2.91. The summed E-state index contributed by atoms with van der Waals surface area (Å²) in [6.07, 6.45) is 2.51. The molecule has 0 radical (unpaired) electrons. The Hall–Kier alpha value is -0.0400. The molecule has 0 heterocycles. The molecule has 2 heteroatoms. The van der Waals surface area contributed by atoms with E-state index in [1.807, 2.05) is 0 Å². The standard InChI is InChI=1S/C4H6ClF/c5-3-1-2-4-6/h2,4H,1,3H2. The predicted molar refractivity (Wildman–Crippen MR) is 25.6 cm³/mol. The molecule has 0 aromatic rings. The van der Waals surface area contributed by atoms with Gasteiger partial charge in [0.25, 0.3) is 0 Å². The van der Waals surface area contributed by atoms with Crippen molar-refractivity contribution in [2.45, 2.75) is 6.42 Å². The second kappa shape index (κ2) is 4.96. The van der Waals surface area contributed by atoms with Crippen molar-refractivity contribution in [1.29, 1.82) is 0 Å². The summed E-state index contributed by atoms with van der Waals surface area (Å²) in [4.78, 5) is 0. The maximum absolute atomic E-state index is 10.9. The molecule has 0 amide bonds. The molecule has 0 rings (SSSR count). The van der Waals surface area contributed by atoms with Crippen LogP contribution >= 0.6 is 11.6 Å². The van der Waals surface area contributed by atoms with Crippen molar-refractivity contribution in [2.24, 2.45) is 0 Å². The molecular weight excluding hydrogens is 102 g/mol. The van der Waals surface area contributed by atoms with E-state index in [9.17, 15) is 4.39 Å². The number of halogens is 2. The van der Waals surface area contributed by atoms with Gasteiger partial charge in [-0.2, -0.15) is 0 Å². The molecule has 0 spiro atoms. The number of rotatable bonds is 2. The summed E-state index contributed by atoms with van der Waals surface area (Å²) in [5, 5.41) is 0. The van der Waals surface area contributed by atoms with Gasteiger partial charge in [0.2, 0.25) is 0 Å². The lowest BCUT2D eigenvalue weighted by atomic mass is 10.5. The molecule has 0 aromatic heterocycles. The third-order valence-electron chi connectivity index (χ3n) is 0.365. The van der Waals surface area contributed by atoms with Crippen molar-refractivity contribution in [3.63, 3.8) is 0 Å². The van der Waals surface area contributed by atoms with Crippen LogP contribution in [0.1, 0.15) is 6.42 Å². The van der Waals surface area contributed by atoms with Gasteiger partial charge in [-0.1, -0.05) is 6.08 Å². The fourth-order valence-electron chi connectivity index (χ4n) is 0.126. The number of allylic oxidation sites excluding steroid dienone is 1. The lowest BCUT2D eigenvalue weighted by Crippen LogP contribution is -1.61. The van der Waals surface area contributed by atoms with Crippen molar-refractivity contribution >= 4 is 11.6 Å². The molecule has 0 nitrogen and oxygen atoms in total. The van der Waals surface area contributed by atoms with Crippen LogP contribution in [0.4, 0.5) is 4.39 Å². The maximum atomic E-state index is 10.9. The Morgan fingerprint density at radius 3 is 2.50 bits per heavy atom. The van der Waals surface area contributed by atoms with Crippen LogP contribution in [0.5, 0.6) is 0 Å². The first-order valence-corrected chi connectivity index (χ1v) is 2.26. The molecule has 0 fully saturated rings. The molecule has 0 aliphatic rings. The van der Waals surface area contributed by atoms with Crippen molar-refractivity contribution in [1.82, 2.24) is 0 Å². The van der Waals surface area contributed by atoms with Crippen LogP contribution in [-0.4, -0.2) is 5.88 Å². The normalized spacial score (nSPS) is 10.3. The highest BCUT2D eigenvalue weighted by molar-refractivity contribution is 6.17. The van der Waals surface area contributed by atoms with Gasteiger partial charge < -0.3 is 0 Å². The van der Waals surface area contributed by atoms with Gasteiger partial charge in [-0.15, -0.1) is 11.6 Å². The van der Waals surface area contributed by atoms with Crippen molar-refractivity contribution in [3.8, 4) is 0 Å². The SMILES string of the molecule is FC=CCCCl. The van der Waals surface area contributed by atoms with Crippen LogP contribution in [0.15, 0.2) is 12.4 Å². The van der Waals surface area contributed by atoms with E-state index in [-0.39, 0.29) is 0 Å². The summed E-state index contributed by atoms with van der Waals surface area (Å²) >= 11 is 5.16. The van der Waals surface area contributed by atoms with Crippen LogP contribution in [0, 0.1) is 0 Å². The van der Waals surface area contributed by atoms with E-state index >= 15 is 0 Å². The quantitative estimate of drug-likeness (QED) is 0.475. The van der Waals surface area contributed by atoms with Crippen LogP contribution < -0.4 is 0 Å². The van der Waals surface area contributed by atoms with E-state index in [0.29, 0.717) is 18.6 Å². The van der Waals surface area contributed by atoms with E-state index in [4.69, 9.17) is 11.6 Å². The predicted octanol–water partition coefficient (Wildman–Crippen LogP) is 2.10. The first-order valence-electron chi connectivity index (χ1n) is 1.73. The lowest BCUT2D eigenvalue weighted by Gasteiger charge is -1.72. The Kier molecular flexibility index (Phi) is 4.93. The second-order valence-corrected chi connectivity index (χ2v) is 1.22. The summed E-state index contributed by atoms with van der Waals surface area (Å²) in [5.41, 5.74) is 0. The minimum Gasteiger partial charge on any atom is -0.216 e. The van der Waals surface area contributed by atoms with Crippen molar-refractivity contribution < 1.29 is 4.39 Å². The minimum atomic E-state index is 0.500. The molecule has 0 unspecified atom stereocenters. The van der Waals surface area contributed by atoms with Crippen LogP contribution in [0.25, 0.3) is 0 Å². The Bertz CT molecular complexity index is 42.8. The van der Waals surface area contributed by atoms with E-state index in [2.05, 4.69) is 0 Å². The summed E-state index contributed by atoms with van der Waals surface area (Å²) in [6.45, 7) is 0. The number of alkyl halides is 1. The van der Waals surface area contributed by atoms with Gasteiger partial charge in [-0.05, 0) is 6.42 Å². The van der Waals surface area contributed by atoms with Gasteiger partial charge in [0.1, 0.15) is 0 Å². The van der Waals surface area contributed by atoms with E-state index in [1.165, 1.54) is 6.08 Å². The molecule has 0 aliphatic heterocycles. The highest BCUT2D eigenvalue weighted by Crippen LogP contribution is 1.84. The lowest BCUT2D eigenvalue weighted by molar-refractivity contribution is 0.716. The molecule has 0 aromatic carbocycles. The smallest absolute Gasteiger partial charge is 0.0827 e. The van der Waals surface area contributed by atoms with E-state index in [1.54, 1.807) is 0 Å². The van der Waals surface area contributed by atoms with Crippen LogP contribution in [0.3, 0.4) is 0 Å². The molecular formula is C4H6ClF. The van der Waals surface area contributed by atoms with Gasteiger partial charge in [0.05, 0.1) is 6.33 Å². The van der Waals surface area contributed by atoms with Gasteiger partial charge >= 0.3 is 0 Å². The molecule has 0 N–H and O–H groups in total. The van der Waals surface area contributed by atoms with Crippen molar-refractivity contribution in [2.75, 3.05) is 5.88 Å². The van der Waals surface area contributed by atoms with E-state index < -0.39 is 0 Å². The average Bonchev–Trinajstić information content (AvgIpc) is 1.61. The monoisotopic (exact) mass is 108 g/mol. The molecule has 0 saturated carbocycles. The average molecular weight is 109 g/mol. The third-order valence-corrected chi connectivity index (χ3v) is 0.583. The van der Waals surface area contributed by atoms with E-state index in [0.717, 1.165) is 0 Å². The molecule has 6 heavy (non-hydrogen) atoms. The number of hydrogen-bond acceptors (Lipinski definition) is 0. The third kappa shape index (κ3) is 3.96. The van der Waals surface area contributed by atoms with Gasteiger partial charge in [-0.3, -0.25) is 0 Å². The molecule has 0 aliphatic carbocycles. The van der Waals surface area contributed by atoms with Gasteiger partial charge in [0, 0.05) is 5.88 Å². The van der Waals surface area contributed by atoms with Crippen LogP contribution in [0.2, 0.25) is 0 Å². The van der Waals surface area contributed by atoms with Crippen LogP contribution in [-0.2, 0) is 0 Å². The highest BCUT2D eigenvalue weighted by atomic mass is 35.5. The summed E-state index contributed by atoms with van der Waals surface area (Å²) in [6, 6.07) is 0. The zero-order valence-electron chi connectivity index (χ0n) is 3.32. The summed E-state index contributed by atoms with van der Waals surface area (Å²) in [7, 11) is 0. The van der Waals surface area contributed by atoms with Gasteiger partial charge in [0.15, 0.2) is 0 Å². The minimum absolute atomic E-state index is 0.500. The zero-order chi connectivity index (χ0) is 4.83. The summed E-state index contributed by atoms with van der Waals surface area (Å²) in [5.74, 6) is 0.500. The fourth-order valence-corrected chi connectivity index (χ4v) is 0.252. The fraction of sp³-hybridized carbons (Fsp3) is 0.500.